The molecule has 1 saturated heterocycles. The molecule has 2 amide bonds. The smallest absolute Gasteiger partial charge is 0.294 e. The molecule has 1 fully saturated rings. The Morgan fingerprint density at radius 2 is 1.06 bits per heavy atom. The number of methoxy groups -OCH3 is 2. The van der Waals surface area contributed by atoms with Gasteiger partial charge in [0.1, 0.15) is 23.0 Å². The second-order valence-corrected chi connectivity index (χ2v) is 7.84. The molecule has 0 bridgehead atoms. The summed E-state index contributed by atoms with van der Waals surface area (Å²) in [6, 6.07) is 12.8. The first-order valence-corrected chi connectivity index (χ1v) is 11.0. The van der Waals surface area contributed by atoms with E-state index in [1.807, 2.05) is 0 Å². The lowest BCUT2D eigenvalue weighted by atomic mass is 10.1. The molecule has 1 aliphatic heterocycles. The highest BCUT2D eigenvalue weighted by atomic mass is 16.5. The van der Waals surface area contributed by atoms with Crippen molar-refractivity contribution in [1.29, 1.82) is 0 Å². The first-order valence-electron chi connectivity index (χ1n) is 11.0. The van der Waals surface area contributed by atoms with Crippen molar-refractivity contribution in [2.45, 2.75) is 0 Å². The van der Waals surface area contributed by atoms with Gasteiger partial charge >= 0.3 is 0 Å². The van der Waals surface area contributed by atoms with Crippen LogP contribution in [-0.2, 0) is 19.2 Å². The molecule has 0 saturated carbocycles. The summed E-state index contributed by atoms with van der Waals surface area (Å²) in [4.78, 5) is 52.3. The number of carbonyl (C=O) groups is 4. The van der Waals surface area contributed by atoms with Crippen LogP contribution in [0.1, 0.15) is 11.1 Å². The SMILES string of the molecule is COc1cccc(/C(O)=C/C(=O)C(=O)N2CCN(C(=O)C(=O)/C=C(\O)c3cccc(OC)c3)CC2)c1. The van der Waals surface area contributed by atoms with E-state index in [9.17, 15) is 29.4 Å². The average Bonchev–Trinajstić information content (AvgIpc) is 2.92. The third kappa shape index (κ3) is 6.29. The molecular weight excluding hydrogens is 468 g/mol. The summed E-state index contributed by atoms with van der Waals surface area (Å²) in [6.45, 7) is 0.123. The van der Waals surface area contributed by atoms with Crippen molar-refractivity contribution in [3.63, 3.8) is 0 Å². The predicted molar refractivity (Wildman–Crippen MR) is 130 cm³/mol. The van der Waals surface area contributed by atoms with Gasteiger partial charge in [0.2, 0.25) is 11.6 Å². The quantitative estimate of drug-likeness (QED) is 0.323. The van der Waals surface area contributed by atoms with Crippen molar-refractivity contribution in [3.05, 3.63) is 71.8 Å². The standard InChI is InChI=1S/C26H26N2O8/c1-35-19-7-3-5-17(13-19)21(29)15-23(31)25(33)27-9-11-28(12-10-27)26(34)24(32)16-22(30)18-6-4-8-20(14-18)36-2/h3-8,13-16,29-30H,9-12H2,1-2H3/b21-15-,22-16-. The van der Waals surface area contributed by atoms with Gasteiger partial charge in [0.25, 0.3) is 11.8 Å². The molecular formula is C26H26N2O8. The van der Waals surface area contributed by atoms with Crippen LogP contribution in [0.3, 0.4) is 0 Å². The minimum Gasteiger partial charge on any atom is -0.507 e. The van der Waals surface area contributed by atoms with Crippen molar-refractivity contribution in [2.24, 2.45) is 0 Å². The third-order valence-corrected chi connectivity index (χ3v) is 5.54. The van der Waals surface area contributed by atoms with Gasteiger partial charge in [-0.25, -0.2) is 0 Å². The Morgan fingerprint density at radius 3 is 1.39 bits per heavy atom. The van der Waals surface area contributed by atoms with Crippen molar-refractivity contribution in [3.8, 4) is 11.5 Å². The van der Waals surface area contributed by atoms with E-state index in [0.29, 0.717) is 22.6 Å². The lowest BCUT2D eigenvalue weighted by Crippen LogP contribution is -2.53. The molecule has 10 heteroatoms. The highest BCUT2D eigenvalue weighted by Crippen LogP contribution is 2.19. The Kier molecular flexibility index (Phi) is 8.45. The molecule has 2 N–H and O–H groups in total. The highest BCUT2D eigenvalue weighted by Gasteiger charge is 2.29. The lowest BCUT2D eigenvalue weighted by Gasteiger charge is -2.33. The molecule has 10 nitrogen and oxygen atoms in total. The van der Waals surface area contributed by atoms with E-state index < -0.39 is 23.4 Å². The normalized spacial score (nSPS) is 14.3. The van der Waals surface area contributed by atoms with Crippen LogP contribution in [0, 0.1) is 0 Å². The second kappa shape index (κ2) is 11.7. The Hall–Kier alpha value is -4.60. The summed E-state index contributed by atoms with van der Waals surface area (Å²) in [7, 11) is 2.93. The van der Waals surface area contributed by atoms with Gasteiger partial charge in [-0.05, 0) is 24.3 Å². The van der Waals surface area contributed by atoms with Gasteiger partial charge in [0, 0.05) is 49.5 Å². The van der Waals surface area contributed by atoms with Gasteiger partial charge in [0.05, 0.1) is 14.2 Å². The molecule has 1 heterocycles. The number of nitrogens with zero attached hydrogens (tertiary/aromatic N) is 2. The zero-order valence-corrected chi connectivity index (χ0v) is 19.8. The van der Waals surface area contributed by atoms with Crippen molar-refractivity contribution in [1.82, 2.24) is 9.80 Å². The topological polar surface area (TPSA) is 134 Å². The molecule has 0 aliphatic carbocycles. The number of piperazine rings is 1. The van der Waals surface area contributed by atoms with Gasteiger partial charge in [-0.3, -0.25) is 19.2 Å². The number of amides is 2. The van der Waals surface area contributed by atoms with E-state index >= 15 is 0 Å². The highest BCUT2D eigenvalue weighted by molar-refractivity contribution is 6.42. The molecule has 36 heavy (non-hydrogen) atoms. The number of hydrogen-bond acceptors (Lipinski definition) is 8. The van der Waals surface area contributed by atoms with Crippen molar-refractivity contribution in [2.75, 3.05) is 40.4 Å². The number of benzene rings is 2. The van der Waals surface area contributed by atoms with Crippen LogP contribution in [0.2, 0.25) is 0 Å². The minimum atomic E-state index is -0.919. The maximum Gasteiger partial charge on any atom is 0.294 e. The number of hydrogen-bond donors (Lipinski definition) is 2. The number of ketones is 2. The number of rotatable bonds is 8. The Morgan fingerprint density at radius 1 is 0.694 bits per heavy atom. The Bertz CT molecular complexity index is 1130. The molecule has 1 aliphatic rings. The minimum absolute atomic E-state index is 0.0307. The number of ether oxygens (including phenoxy) is 2. The van der Waals surface area contributed by atoms with E-state index in [4.69, 9.17) is 9.47 Å². The van der Waals surface area contributed by atoms with E-state index in [2.05, 4.69) is 0 Å². The van der Waals surface area contributed by atoms with Crippen LogP contribution < -0.4 is 9.47 Å². The zero-order valence-electron chi connectivity index (χ0n) is 19.8. The van der Waals surface area contributed by atoms with Crippen LogP contribution in [0.5, 0.6) is 11.5 Å². The molecule has 0 radical (unpaired) electrons. The van der Waals surface area contributed by atoms with Crippen molar-refractivity contribution >= 4 is 34.9 Å². The summed E-state index contributed by atoms with van der Waals surface area (Å²) < 4.78 is 10.1. The second-order valence-electron chi connectivity index (χ2n) is 7.84. The van der Waals surface area contributed by atoms with Crippen LogP contribution in [0.15, 0.2) is 60.7 Å². The molecule has 0 unspecified atom stereocenters. The van der Waals surface area contributed by atoms with E-state index in [1.54, 1.807) is 36.4 Å². The molecule has 0 aromatic heterocycles. The fraction of sp³-hybridized carbons (Fsp3) is 0.231. The van der Waals surface area contributed by atoms with E-state index in [-0.39, 0.29) is 37.7 Å². The van der Waals surface area contributed by atoms with E-state index in [1.165, 1.54) is 36.2 Å². The number of carbonyl (C=O) groups excluding carboxylic acids is 4. The average molecular weight is 495 g/mol. The van der Waals surface area contributed by atoms with Crippen LogP contribution in [0.25, 0.3) is 11.5 Å². The van der Waals surface area contributed by atoms with Crippen LogP contribution >= 0.6 is 0 Å². The molecule has 188 valence electrons. The lowest BCUT2D eigenvalue weighted by molar-refractivity contribution is -0.147. The van der Waals surface area contributed by atoms with E-state index in [0.717, 1.165) is 12.2 Å². The third-order valence-electron chi connectivity index (χ3n) is 5.54. The fourth-order valence-corrected chi connectivity index (χ4v) is 3.53. The summed E-state index contributed by atoms with van der Waals surface area (Å²) in [5.74, 6) is -3.31. The summed E-state index contributed by atoms with van der Waals surface area (Å²) in [5, 5.41) is 20.4. The number of aliphatic hydroxyl groups excluding tert-OH is 2. The van der Waals surface area contributed by atoms with Crippen LogP contribution in [0.4, 0.5) is 0 Å². The van der Waals surface area contributed by atoms with Gasteiger partial charge in [-0.2, -0.15) is 0 Å². The molecule has 0 spiro atoms. The van der Waals surface area contributed by atoms with Crippen LogP contribution in [-0.4, -0.2) is 83.8 Å². The molecule has 3 rings (SSSR count). The van der Waals surface area contributed by atoms with Gasteiger partial charge in [0.15, 0.2) is 0 Å². The maximum atomic E-state index is 12.5. The fourth-order valence-electron chi connectivity index (χ4n) is 3.53. The first kappa shape index (κ1) is 26.0. The maximum absolute atomic E-state index is 12.5. The van der Waals surface area contributed by atoms with Crippen molar-refractivity contribution < 1.29 is 38.9 Å². The Labute approximate surface area is 207 Å². The summed E-state index contributed by atoms with van der Waals surface area (Å²) in [5.41, 5.74) is 0.629. The molecule has 2 aromatic rings. The predicted octanol–water partition coefficient (Wildman–Crippen LogP) is 2.01. The van der Waals surface area contributed by atoms with Gasteiger partial charge < -0.3 is 29.5 Å². The molecule has 0 atom stereocenters. The first-order chi connectivity index (χ1) is 17.2. The number of aliphatic hydroxyl groups is 2. The largest absolute Gasteiger partial charge is 0.507 e. The zero-order chi connectivity index (χ0) is 26.2. The monoisotopic (exact) mass is 494 g/mol. The molecule has 2 aromatic carbocycles. The summed E-state index contributed by atoms with van der Waals surface area (Å²) >= 11 is 0. The van der Waals surface area contributed by atoms with Gasteiger partial charge in [-0.1, -0.05) is 24.3 Å². The Balaban J connectivity index is 1.58. The summed E-state index contributed by atoms with van der Waals surface area (Å²) in [6.07, 6.45) is 1.68. The van der Waals surface area contributed by atoms with Gasteiger partial charge in [-0.15, -0.1) is 0 Å².